The van der Waals surface area contributed by atoms with Gasteiger partial charge in [-0.2, -0.15) is 0 Å². The number of amides is 1. The Morgan fingerprint density at radius 3 is 2.35 bits per heavy atom. The van der Waals surface area contributed by atoms with Crippen molar-refractivity contribution in [3.05, 3.63) is 34.9 Å². The summed E-state index contributed by atoms with van der Waals surface area (Å²) in [5, 5.41) is 3.48. The van der Waals surface area contributed by atoms with Crippen LogP contribution in [0, 0.1) is 0 Å². The smallest absolute Gasteiger partial charge is 0.407 e. The van der Waals surface area contributed by atoms with Gasteiger partial charge in [0.05, 0.1) is 5.88 Å². The number of alkyl carbamates (subject to hydrolysis) is 1. The van der Waals surface area contributed by atoms with Gasteiger partial charge in [0.15, 0.2) is 0 Å². The number of carbonyl (C=O) groups excluding carboxylic acids is 2. The summed E-state index contributed by atoms with van der Waals surface area (Å²) in [5.74, 6) is -0.0566. The molecule has 0 aromatic heterocycles. The highest BCUT2D eigenvalue weighted by Gasteiger charge is 2.20. The predicted octanol–water partition coefficient (Wildman–Crippen LogP) is 4.36. The van der Waals surface area contributed by atoms with Crippen LogP contribution in [0.2, 0.25) is 5.02 Å². The summed E-state index contributed by atoms with van der Waals surface area (Å²) < 4.78 is 5.28. The number of hydrogen-bond acceptors (Lipinski definition) is 3. The van der Waals surface area contributed by atoms with E-state index in [1.807, 2.05) is 12.1 Å². The minimum absolute atomic E-state index is 0.0138. The Bertz CT molecular complexity index is 524. The summed E-state index contributed by atoms with van der Waals surface area (Å²) in [6.45, 7) is 5.41. The van der Waals surface area contributed by atoms with Gasteiger partial charge in [0, 0.05) is 17.5 Å². The molecule has 1 N–H and O–H groups in total. The quantitative estimate of drug-likeness (QED) is 0.735. The third kappa shape index (κ3) is 8.82. The van der Waals surface area contributed by atoms with Crippen molar-refractivity contribution in [1.29, 1.82) is 0 Å². The van der Waals surface area contributed by atoms with Gasteiger partial charge in [0.2, 0.25) is 0 Å². The van der Waals surface area contributed by atoms with Crippen molar-refractivity contribution in [2.75, 3.05) is 5.88 Å². The number of nitrogens with one attached hydrogen (secondary N) is 1. The van der Waals surface area contributed by atoms with E-state index in [-0.39, 0.29) is 17.7 Å². The molecule has 1 aromatic rings. The van der Waals surface area contributed by atoms with Gasteiger partial charge in [-0.25, -0.2) is 4.79 Å². The third-order valence-corrected chi connectivity index (χ3v) is 3.59. The van der Waals surface area contributed by atoms with Crippen molar-refractivity contribution in [3.8, 4) is 0 Å². The molecule has 0 spiro atoms. The Balaban J connectivity index is 2.69. The van der Waals surface area contributed by atoms with Crippen LogP contribution in [0.25, 0.3) is 0 Å². The van der Waals surface area contributed by atoms with Crippen molar-refractivity contribution in [2.45, 2.75) is 51.7 Å². The molecule has 0 aliphatic heterocycles. The number of Topliss-reactive ketones (excluding diaryl/α,β-unsaturated/α-hetero) is 1. The first kappa shape index (κ1) is 19.8. The van der Waals surface area contributed by atoms with E-state index >= 15 is 0 Å². The maximum atomic E-state index is 12.0. The number of benzene rings is 1. The van der Waals surface area contributed by atoms with Crippen molar-refractivity contribution in [2.24, 2.45) is 0 Å². The standard InChI is InChI=1S/C17H23Cl2NO3/c1-17(2,3)23-16(22)20-14(8-9-15(21)11-18)10-12-4-6-13(19)7-5-12/h4-7,14H,8-11H2,1-3H3,(H,20,22). The lowest BCUT2D eigenvalue weighted by atomic mass is 10.0. The average Bonchev–Trinajstić information content (AvgIpc) is 2.44. The van der Waals surface area contributed by atoms with Crippen molar-refractivity contribution >= 4 is 35.1 Å². The van der Waals surface area contributed by atoms with Gasteiger partial charge in [-0.1, -0.05) is 23.7 Å². The Kier molecular flexibility index (Phi) is 7.86. The Hall–Kier alpha value is -1.26. The van der Waals surface area contributed by atoms with Gasteiger partial charge in [0.25, 0.3) is 0 Å². The first-order chi connectivity index (χ1) is 10.7. The number of alkyl halides is 1. The second-order valence-electron chi connectivity index (χ2n) is 6.38. The minimum Gasteiger partial charge on any atom is -0.444 e. The lowest BCUT2D eigenvalue weighted by Gasteiger charge is -2.23. The van der Waals surface area contributed by atoms with E-state index in [1.165, 1.54) is 0 Å². The topological polar surface area (TPSA) is 55.4 Å². The summed E-state index contributed by atoms with van der Waals surface area (Å²) in [6.07, 6.45) is 0.923. The average molecular weight is 360 g/mol. The fourth-order valence-electron chi connectivity index (χ4n) is 2.01. The Morgan fingerprint density at radius 2 is 1.83 bits per heavy atom. The van der Waals surface area contributed by atoms with E-state index in [1.54, 1.807) is 32.9 Å². The third-order valence-electron chi connectivity index (χ3n) is 3.04. The molecule has 1 aromatic carbocycles. The fraction of sp³-hybridized carbons (Fsp3) is 0.529. The summed E-state index contributed by atoms with van der Waals surface area (Å²) in [7, 11) is 0. The van der Waals surface area contributed by atoms with Crippen LogP contribution < -0.4 is 5.32 Å². The second kappa shape index (κ2) is 9.14. The van der Waals surface area contributed by atoms with Crippen LogP contribution in [0.3, 0.4) is 0 Å². The summed E-state index contributed by atoms with van der Waals surface area (Å²) >= 11 is 11.4. The lowest BCUT2D eigenvalue weighted by Crippen LogP contribution is -2.40. The highest BCUT2D eigenvalue weighted by Crippen LogP contribution is 2.14. The van der Waals surface area contributed by atoms with Gasteiger partial charge >= 0.3 is 6.09 Å². The van der Waals surface area contributed by atoms with Crippen LogP contribution in [0.15, 0.2) is 24.3 Å². The van der Waals surface area contributed by atoms with Gasteiger partial charge in [-0.3, -0.25) is 4.79 Å². The van der Waals surface area contributed by atoms with Crippen molar-refractivity contribution in [1.82, 2.24) is 5.32 Å². The maximum absolute atomic E-state index is 12.0. The molecule has 6 heteroatoms. The van der Waals surface area contributed by atoms with E-state index in [4.69, 9.17) is 27.9 Å². The number of ketones is 1. The molecule has 128 valence electrons. The first-order valence-electron chi connectivity index (χ1n) is 7.51. The Morgan fingerprint density at radius 1 is 1.22 bits per heavy atom. The number of ether oxygens (including phenoxy) is 1. The molecule has 0 fully saturated rings. The second-order valence-corrected chi connectivity index (χ2v) is 7.09. The molecule has 23 heavy (non-hydrogen) atoms. The molecule has 0 heterocycles. The van der Waals surface area contributed by atoms with Gasteiger partial charge in [-0.05, 0) is 51.3 Å². The normalized spacial score (nSPS) is 12.6. The number of halogens is 2. The monoisotopic (exact) mass is 359 g/mol. The molecule has 0 saturated heterocycles. The zero-order valence-corrected chi connectivity index (χ0v) is 15.2. The van der Waals surface area contributed by atoms with Crippen LogP contribution >= 0.6 is 23.2 Å². The maximum Gasteiger partial charge on any atom is 0.407 e. The predicted molar refractivity (Wildman–Crippen MR) is 93.3 cm³/mol. The van der Waals surface area contributed by atoms with Crippen LogP contribution in [0.1, 0.15) is 39.2 Å². The molecule has 0 saturated carbocycles. The van der Waals surface area contributed by atoms with Gasteiger partial charge in [-0.15, -0.1) is 11.6 Å². The number of hydrogen-bond donors (Lipinski definition) is 1. The van der Waals surface area contributed by atoms with E-state index < -0.39 is 11.7 Å². The molecular formula is C17H23Cl2NO3. The summed E-state index contributed by atoms with van der Waals surface area (Å²) in [5.41, 5.74) is 0.453. The molecule has 1 rings (SSSR count). The molecule has 0 bridgehead atoms. The zero-order chi connectivity index (χ0) is 17.5. The zero-order valence-electron chi connectivity index (χ0n) is 13.7. The van der Waals surface area contributed by atoms with Gasteiger partial charge in [0.1, 0.15) is 11.4 Å². The van der Waals surface area contributed by atoms with E-state index in [2.05, 4.69) is 5.32 Å². The Labute approximate surface area is 147 Å². The largest absolute Gasteiger partial charge is 0.444 e. The molecule has 1 atom stereocenters. The molecule has 1 unspecified atom stereocenters. The molecular weight excluding hydrogens is 337 g/mol. The van der Waals surface area contributed by atoms with Crippen molar-refractivity contribution in [3.63, 3.8) is 0 Å². The molecule has 0 radical (unpaired) electrons. The van der Waals surface area contributed by atoms with E-state index in [0.29, 0.717) is 24.3 Å². The highest BCUT2D eigenvalue weighted by molar-refractivity contribution is 6.30. The van der Waals surface area contributed by atoms with Crippen LogP contribution in [-0.4, -0.2) is 29.4 Å². The first-order valence-corrected chi connectivity index (χ1v) is 8.42. The highest BCUT2D eigenvalue weighted by atomic mass is 35.5. The molecule has 4 nitrogen and oxygen atoms in total. The number of carbonyl (C=O) groups is 2. The van der Waals surface area contributed by atoms with Crippen LogP contribution in [-0.2, 0) is 16.0 Å². The number of rotatable bonds is 7. The SMILES string of the molecule is CC(C)(C)OC(=O)NC(CCC(=O)CCl)Cc1ccc(Cl)cc1. The minimum atomic E-state index is -0.569. The fourth-order valence-corrected chi connectivity index (χ4v) is 2.27. The molecule has 1 amide bonds. The van der Waals surface area contributed by atoms with E-state index in [0.717, 1.165) is 5.56 Å². The van der Waals surface area contributed by atoms with Gasteiger partial charge < -0.3 is 10.1 Å². The van der Waals surface area contributed by atoms with Crippen molar-refractivity contribution < 1.29 is 14.3 Å². The molecule has 0 aliphatic carbocycles. The van der Waals surface area contributed by atoms with E-state index in [9.17, 15) is 9.59 Å². The lowest BCUT2D eigenvalue weighted by molar-refractivity contribution is -0.116. The summed E-state index contributed by atoms with van der Waals surface area (Å²) in [4.78, 5) is 23.4. The summed E-state index contributed by atoms with van der Waals surface area (Å²) in [6, 6.07) is 7.18. The molecule has 0 aliphatic rings. The van der Waals surface area contributed by atoms with Crippen LogP contribution in [0.4, 0.5) is 4.79 Å². The van der Waals surface area contributed by atoms with Crippen LogP contribution in [0.5, 0.6) is 0 Å².